The molecule has 2 N–H and O–H groups in total. The maximum absolute atomic E-state index is 12.2. The van der Waals surface area contributed by atoms with Crippen molar-refractivity contribution < 1.29 is 9.59 Å². The molecule has 1 aromatic rings. The number of fused-ring (bicyclic) bond motifs is 1. The number of nitrogens with two attached hydrogens (primary N) is 1. The highest BCUT2D eigenvalue weighted by Gasteiger charge is 2.28. The van der Waals surface area contributed by atoms with Crippen LogP contribution in [0.4, 0.5) is 5.69 Å². The van der Waals surface area contributed by atoms with E-state index >= 15 is 0 Å². The van der Waals surface area contributed by atoms with Gasteiger partial charge in [0.1, 0.15) is 0 Å². The molecule has 0 bridgehead atoms. The Morgan fingerprint density at radius 3 is 2.82 bits per heavy atom. The molecule has 1 aliphatic heterocycles. The topological polar surface area (TPSA) is 63.4 Å². The monoisotopic (exact) mass is 232 g/mol. The molecule has 0 aromatic heterocycles. The molecule has 0 saturated heterocycles. The van der Waals surface area contributed by atoms with Crippen LogP contribution in [0.3, 0.4) is 0 Å². The van der Waals surface area contributed by atoms with Crippen LogP contribution < -0.4 is 10.6 Å². The smallest absolute Gasteiger partial charge is 0.230 e. The summed E-state index contributed by atoms with van der Waals surface area (Å²) in [6, 6.07) is 7.86. The van der Waals surface area contributed by atoms with Crippen molar-refractivity contribution in [3.8, 4) is 0 Å². The van der Waals surface area contributed by atoms with Gasteiger partial charge in [-0.2, -0.15) is 0 Å². The van der Waals surface area contributed by atoms with Gasteiger partial charge < -0.3 is 10.6 Å². The quantitative estimate of drug-likeness (QED) is 0.847. The van der Waals surface area contributed by atoms with E-state index in [1.54, 1.807) is 11.8 Å². The highest BCUT2D eigenvalue weighted by molar-refractivity contribution is 5.98. The molecule has 0 fully saturated rings. The number of amides is 2. The highest BCUT2D eigenvalue weighted by Crippen LogP contribution is 2.28. The van der Waals surface area contributed by atoms with Crippen LogP contribution in [0, 0.1) is 5.92 Å². The minimum atomic E-state index is -0.432. The van der Waals surface area contributed by atoms with Crippen LogP contribution >= 0.6 is 0 Å². The normalized spacial score (nSPS) is 15.5. The van der Waals surface area contributed by atoms with Crippen molar-refractivity contribution in [3.05, 3.63) is 29.8 Å². The number of hydrogen-bond acceptors (Lipinski definition) is 2. The molecule has 0 spiro atoms. The Kier molecular flexibility index (Phi) is 3.13. The third-order valence-corrected chi connectivity index (χ3v) is 3.08. The van der Waals surface area contributed by atoms with Gasteiger partial charge in [-0.25, -0.2) is 0 Å². The number of anilines is 1. The number of rotatable bonds is 3. The lowest BCUT2D eigenvalue weighted by molar-refractivity contribution is -0.126. The van der Waals surface area contributed by atoms with E-state index < -0.39 is 5.91 Å². The Hall–Kier alpha value is -1.84. The molecule has 2 rings (SSSR count). The first-order valence-corrected chi connectivity index (χ1v) is 5.77. The van der Waals surface area contributed by atoms with Crippen LogP contribution in [0.5, 0.6) is 0 Å². The molecular formula is C13H16N2O2. The first-order chi connectivity index (χ1) is 8.09. The predicted octanol–water partition coefficient (Wildman–Crippen LogP) is 1.09. The van der Waals surface area contributed by atoms with Crippen LogP contribution in [0.25, 0.3) is 0 Å². The molecule has 1 heterocycles. The Morgan fingerprint density at radius 2 is 2.12 bits per heavy atom. The molecule has 1 unspecified atom stereocenters. The second-order valence-corrected chi connectivity index (χ2v) is 4.44. The fourth-order valence-corrected chi connectivity index (χ4v) is 2.22. The van der Waals surface area contributed by atoms with Crippen LogP contribution in [-0.4, -0.2) is 18.4 Å². The zero-order valence-corrected chi connectivity index (χ0v) is 9.85. The fourth-order valence-electron chi connectivity index (χ4n) is 2.22. The average Bonchev–Trinajstić information content (AvgIpc) is 2.70. The van der Waals surface area contributed by atoms with E-state index in [9.17, 15) is 9.59 Å². The Balaban J connectivity index is 2.15. The Morgan fingerprint density at radius 1 is 1.41 bits per heavy atom. The number of carbonyl (C=O) groups is 2. The first-order valence-electron chi connectivity index (χ1n) is 5.77. The van der Waals surface area contributed by atoms with Gasteiger partial charge in [0.15, 0.2) is 0 Å². The second kappa shape index (κ2) is 4.57. The van der Waals surface area contributed by atoms with E-state index in [0.717, 1.165) is 12.1 Å². The summed E-state index contributed by atoms with van der Waals surface area (Å²) in [6.07, 6.45) is 0.989. The molecule has 1 aromatic carbocycles. The summed E-state index contributed by atoms with van der Waals surface area (Å²) in [6.45, 7) is 2.44. The lowest BCUT2D eigenvalue weighted by Crippen LogP contribution is -2.35. The van der Waals surface area contributed by atoms with Gasteiger partial charge in [0, 0.05) is 24.6 Å². The molecule has 4 heteroatoms. The minimum Gasteiger partial charge on any atom is -0.370 e. The van der Waals surface area contributed by atoms with Crippen molar-refractivity contribution in [2.45, 2.75) is 19.8 Å². The average molecular weight is 232 g/mol. The lowest BCUT2D eigenvalue weighted by Gasteiger charge is -2.20. The Bertz CT molecular complexity index is 456. The van der Waals surface area contributed by atoms with Crippen molar-refractivity contribution >= 4 is 17.5 Å². The highest BCUT2D eigenvalue weighted by atomic mass is 16.2. The van der Waals surface area contributed by atoms with Crippen LogP contribution in [0.15, 0.2) is 24.3 Å². The molecule has 0 aliphatic carbocycles. The maximum Gasteiger partial charge on any atom is 0.230 e. The summed E-state index contributed by atoms with van der Waals surface area (Å²) in [4.78, 5) is 24.7. The molecule has 0 saturated carbocycles. The zero-order valence-electron chi connectivity index (χ0n) is 9.85. The summed E-state index contributed by atoms with van der Waals surface area (Å²) < 4.78 is 0. The summed E-state index contributed by atoms with van der Waals surface area (Å²) in [5.41, 5.74) is 7.27. The second-order valence-electron chi connectivity index (χ2n) is 4.44. The molecule has 0 radical (unpaired) electrons. The number of benzene rings is 1. The Labute approximate surface area is 100 Å². The summed E-state index contributed by atoms with van der Waals surface area (Å²) >= 11 is 0. The largest absolute Gasteiger partial charge is 0.370 e. The van der Waals surface area contributed by atoms with E-state index in [1.165, 1.54) is 5.56 Å². The first kappa shape index (κ1) is 11.6. The van der Waals surface area contributed by atoms with Gasteiger partial charge in [-0.05, 0) is 18.1 Å². The number of nitrogens with zero attached hydrogens (tertiary/aromatic N) is 1. The van der Waals surface area contributed by atoms with Gasteiger partial charge in [-0.1, -0.05) is 25.1 Å². The molecule has 1 aliphatic rings. The molecule has 4 nitrogen and oxygen atoms in total. The molecule has 17 heavy (non-hydrogen) atoms. The minimum absolute atomic E-state index is 0.0197. The number of hydrogen-bond donors (Lipinski definition) is 1. The fraction of sp³-hybridized carbons (Fsp3) is 0.385. The van der Waals surface area contributed by atoms with Crippen molar-refractivity contribution in [2.75, 3.05) is 11.4 Å². The number of para-hydroxylation sites is 1. The van der Waals surface area contributed by atoms with Gasteiger partial charge in [0.05, 0.1) is 0 Å². The van der Waals surface area contributed by atoms with Crippen molar-refractivity contribution in [2.24, 2.45) is 11.7 Å². The van der Waals surface area contributed by atoms with E-state index in [4.69, 9.17) is 5.73 Å². The van der Waals surface area contributed by atoms with Crippen molar-refractivity contribution in [3.63, 3.8) is 0 Å². The molecular weight excluding hydrogens is 216 g/mol. The van der Waals surface area contributed by atoms with E-state index in [1.807, 2.05) is 24.3 Å². The van der Waals surface area contributed by atoms with Gasteiger partial charge in [-0.15, -0.1) is 0 Å². The lowest BCUT2D eigenvalue weighted by atomic mass is 10.1. The van der Waals surface area contributed by atoms with Crippen molar-refractivity contribution in [1.82, 2.24) is 0 Å². The summed E-state index contributed by atoms with van der Waals surface area (Å²) in [7, 11) is 0. The van der Waals surface area contributed by atoms with Crippen LogP contribution in [0.2, 0.25) is 0 Å². The van der Waals surface area contributed by atoms with Crippen LogP contribution in [0.1, 0.15) is 18.9 Å². The standard InChI is InChI=1S/C13H16N2O2/c1-9(8-12(14)16)13(17)15-7-6-10-4-2-3-5-11(10)15/h2-5,9H,6-8H2,1H3,(H2,14,16). The third-order valence-electron chi connectivity index (χ3n) is 3.08. The molecule has 2 amide bonds. The zero-order chi connectivity index (χ0) is 12.4. The van der Waals surface area contributed by atoms with E-state index in [0.29, 0.717) is 6.54 Å². The van der Waals surface area contributed by atoms with E-state index in [2.05, 4.69) is 0 Å². The van der Waals surface area contributed by atoms with Gasteiger partial charge >= 0.3 is 0 Å². The van der Waals surface area contributed by atoms with Gasteiger partial charge in [-0.3, -0.25) is 9.59 Å². The number of carbonyl (C=O) groups excluding carboxylic acids is 2. The van der Waals surface area contributed by atoms with Gasteiger partial charge in [0.25, 0.3) is 0 Å². The SMILES string of the molecule is CC(CC(N)=O)C(=O)N1CCc2ccccc21. The summed E-state index contributed by atoms with van der Waals surface area (Å²) in [5.74, 6) is -0.800. The predicted molar refractivity (Wildman–Crippen MR) is 65.5 cm³/mol. The molecule has 90 valence electrons. The molecule has 1 atom stereocenters. The number of primary amides is 1. The maximum atomic E-state index is 12.2. The van der Waals surface area contributed by atoms with Gasteiger partial charge in [0.2, 0.25) is 11.8 Å². The van der Waals surface area contributed by atoms with Crippen LogP contribution in [-0.2, 0) is 16.0 Å². The van der Waals surface area contributed by atoms with Crippen molar-refractivity contribution in [1.29, 1.82) is 0 Å². The third kappa shape index (κ3) is 2.30. The summed E-state index contributed by atoms with van der Waals surface area (Å²) in [5, 5.41) is 0. The van der Waals surface area contributed by atoms with E-state index in [-0.39, 0.29) is 18.2 Å².